The highest BCUT2D eigenvalue weighted by Gasteiger charge is 2.12. The Labute approximate surface area is 75.4 Å². The maximum atomic E-state index is 8.61. The molecule has 0 fully saturated rings. The Kier molecular flexibility index (Phi) is 2.41. The SMILES string of the molecule is [C-]#[N+]c1nc(C)c(OC)nc1C#N. The second-order valence-electron chi connectivity index (χ2n) is 2.21. The smallest absolute Gasteiger partial charge is 0.306 e. The van der Waals surface area contributed by atoms with E-state index in [1.807, 2.05) is 0 Å². The van der Waals surface area contributed by atoms with Crippen molar-refractivity contribution >= 4 is 5.82 Å². The van der Waals surface area contributed by atoms with E-state index < -0.39 is 0 Å². The molecule has 0 unspecified atom stereocenters. The van der Waals surface area contributed by atoms with E-state index in [4.69, 9.17) is 16.6 Å². The Hall–Kier alpha value is -2.14. The van der Waals surface area contributed by atoms with Gasteiger partial charge in [-0.15, -0.1) is 4.98 Å². The normalized spacial score (nSPS) is 8.62. The van der Waals surface area contributed by atoms with Crippen LogP contribution in [0.4, 0.5) is 5.82 Å². The molecule has 1 rings (SSSR count). The average Bonchev–Trinajstić information content (AvgIpc) is 2.17. The van der Waals surface area contributed by atoms with Crippen molar-refractivity contribution in [3.63, 3.8) is 0 Å². The van der Waals surface area contributed by atoms with E-state index >= 15 is 0 Å². The molecule has 0 aliphatic rings. The van der Waals surface area contributed by atoms with Crippen LogP contribution >= 0.6 is 0 Å². The maximum Gasteiger partial charge on any atom is 0.306 e. The lowest BCUT2D eigenvalue weighted by atomic mass is 10.4. The van der Waals surface area contributed by atoms with Crippen LogP contribution in [0.1, 0.15) is 11.4 Å². The van der Waals surface area contributed by atoms with Gasteiger partial charge in [0.1, 0.15) is 6.07 Å². The number of aromatic nitrogens is 2. The minimum Gasteiger partial charge on any atom is -0.478 e. The third kappa shape index (κ3) is 1.54. The topological polar surface area (TPSA) is 63.2 Å². The molecule has 0 saturated carbocycles. The average molecular weight is 174 g/mol. The number of rotatable bonds is 1. The van der Waals surface area contributed by atoms with Crippen molar-refractivity contribution in [2.24, 2.45) is 0 Å². The van der Waals surface area contributed by atoms with Gasteiger partial charge in [-0.05, 0) is 0 Å². The van der Waals surface area contributed by atoms with Crippen LogP contribution in [0.15, 0.2) is 0 Å². The fourth-order valence-electron chi connectivity index (χ4n) is 0.838. The summed E-state index contributed by atoms with van der Waals surface area (Å²) in [7, 11) is 1.44. The number of methoxy groups -OCH3 is 1. The highest BCUT2D eigenvalue weighted by Crippen LogP contribution is 2.19. The standard InChI is InChI=1S/C8H6N4O/c1-5-8(13-3)12-6(4-9)7(10-2)11-5/h1,3H3. The van der Waals surface area contributed by atoms with Crippen molar-refractivity contribution < 1.29 is 4.74 Å². The number of nitriles is 1. The summed E-state index contributed by atoms with van der Waals surface area (Å²) in [6.45, 7) is 8.41. The van der Waals surface area contributed by atoms with Gasteiger partial charge in [0.25, 0.3) is 5.88 Å². The predicted molar refractivity (Wildman–Crippen MR) is 44.3 cm³/mol. The minimum atomic E-state index is -0.00236. The fourth-order valence-corrected chi connectivity index (χ4v) is 0.838. The van der Waals surface area contributed by atoms with E-state index in [9.17, 15) is 0 Å². The zero-order chi connectivity index (χ0) is 9.84. The van der Waals surface area contributed by atoms with E-state index in [-0.39, 0.29) is 17.4 Å². The summed E-state index contributed by atoms with van der Waals surface area (Å²) < 4.78 is 4.86. The molecule has 0 atom stereocenters. The Bertz CT molecular complexity index is 413. The molecule has 0 bridgehead atoms. The monoisotopic (exact) mass is 174 g/mol. The zero-order valence-electron chi connectivity index (χ0n) is 7.20. The van der Waals surface area contributed by atoms with Crippen LogP contribution in [0.25, 0.3) is 4.85 Å². The van der Waals surface area contributed by atoms with Crippen LogP contribution in [-0.4, -0.2) is 17.1 Å². The van der Waals surface area contributed by atoms with Gasteiger partial charge in [-0.2, -0.15) is 5.26 Å². The lowest BCUT2D eigenvalue weighted by molar-refractivity contribution is 0.391. The summed E-state index contributed by atoms with van der Waals surface area (Å²) in [6, 6.07) is 1.78. The Morgan fingerprint density at radius 2 is 2.23 bits per heavy atom. The van der Waals surface area contributed by atoms with Crippen LogP contribution < -0.4 is 4.74 Å². The number of hydrogen-bond acceptors (Lipinski definition) is 4. The van der Waals surface area contributed by atoms with E-state index in [2.05, 4.69) is 14.8 Å². The summed E-state index contributed by atoms with van der Waals surface area (Å²) in [5.74, 6) is 0.296. The molecule has 1 heterocycles. The first-order valence-corrected chi connectivity index (χ1v) is 3.43. The second kappa shape index (κ2) is 3.51. The quantitative estimate of drug-likeness (QED) is 0.600. The molecule has 0 N–H and O–H groups in total. The Morgan fingerprint density at radius 1 is 1.54 bits per heavy atom. The van der Waals surface area contributed by atoms with Crippen molar-refractivity contribution in [1.82, 2.24) is 9.97 Å². The van der Waals surface area contributed by atoms with Gasteiger partial charge in [-0.1, -0.05) is 6.57 Å². The van der Waals surface area contributed by atoms with Gasteiger partial charge in [0.15, 0.2) is 11.4 Å². The third-order valence-electron chi connectivity index (χ3n) is 1.41. The highest BCUT2D eigenvalue weighted by atomic mass is 16.5. The van der Waals surface area contributed by atoms with Gasteiger partial charge in [-0.25, -0.2) is 4.98 Å². The van der Waals surface area contributed by atoms with Gasteiger partial charge < -0.3 is 9.58 Å². The van der Waals surface area contributed by atoms with Crippen molar-refractivity contribution in [3.8, 4) is 11.9 Å². The summed E-state index contributed by atoms with van der Waals surface area (Å²) in [5.41, 5.74) is 0.505. The van der Waals surface area contributed by atoms with Gasteiger partial charge >= 0.3 is 5.82 Å². The first-order valence-electron chi connectivity index (χ1n) is 3.43. The van der Waals surface area contributed by atoms with Gasteiger partial charge in [0, 0.05) is 6.92 Å². The van der Waals surface area contributed by atoms with Gasteiger partial charge in [-0.3, -0.25) is 0 Å². The molecule has 1 aromatic rings. The number of aryl methyl sites for hydroxylation is 1. The van der Waals surface area contributed by atoms with Crippen molar-refractivity contribution in [2.75, 3.05) is 7.11 Å². The Morgan fingerprint density at radius 3 is 2.69 bits per heavy atom. The van der Waals surface area contributed by atoms with Crippen molar-refractivity contribution in [3.05, 3.63) is 22.8 Å². The van der Waals surface area contributed by atoms with E-state index in [0.717, 1.165) is 0 Å². The number of hydrogen-bond donors (Lipinski definition) is 0. The van der Waals surface area contributed by atoms with E-state index in [1.165, 1.54) is 7.11 Å². The molecule has 0 radical (unpaired) electrons. The molecule has 0 amide bonds. The number of nitrogens with zero attached hydrogens (tertiary/aromatic N) is 4. The molecule has 1 aromatic heterocycles. The molecule has 0 aliphatic carbocycles. The fraction of sp³-hybridized carbons (Fsp3) is 0.250. The van der Waals surface area contributed by atoms with Gasteiger partial charge in [0.2, 0.25) is 0 Å². The van der Waals surface area contributed by atoms with Crippen LogP contribution in [0.5, 0.6) is 5.88 Å². The van der Waals surface area contributed by atoms with Crippen LogP contribution in [0.2, 0.25) is 0 Å². The largest absolute Gasteiger partial charge is 0.478 e. The molecule has 5 nitrogen and oxygen atoms in total. The summed E-state index contributed by atoms with van der Waals surface area (Å²) in [5, 5.41) is 8.61. The molecule has 0 saturated heterocycles. The minimum absolute atomic E-state index is 0.00236. The molecular formula is C8H6N4O. The first-order chi connectivity index (χ1) is 6.22. The van der Waals surface area contributed by atoms with Crippen molar-refractivity contribution in [2.45, 2.75) is 6.92 Å². The first kappa shape index (κ1) is 8.95. The summed E-state index contributed by atoms with van der Waals surface area (Å²) >= 11 is 0. The third-order valence-corrected chi connectivity index (χ3v) is 1.41. The summed E-state index contributed by atoms with van der Waals surface area (Å²) in [4.78, 5) is 10.8. The molecule has 0 aliphatic heterocycles. The number of ether oxygens (including phenoxy) is 1. The van der Waals surface area contributed by atoms with Crippen molar-refractivity contribution in [1.29, 1.82) is 5.26 Å². The lowest BCUT2D eigenvalue weighted by Gasteiger charge is -2.00. The molecule has 64 valence electrons. The summed E-state index contributed by atoms with van der Waals surface area (Å²) in [6.07, 6.45) is 0. The lowest BCUT2D eigenvalue weighted by Crippen LogP contribution is -1.97. The van der Waals surface area contributed by atoms with Crippen LogP contribution in [-0.2, 0) is 0 Å². The molecule has 0 spiro atoms. The molecule has 0 aromatic carbocycles. The highest BCUT2D eigenvalue weighted by molar-refractivity contribution is 5.50. The molecule has 13 heavy (non-hydrogen) atoms. The maximum absolute atomic E-state index is 8.61. The van der Waals surface area contributed by atoms with Crippen LogP contribution in [0, 0.1) is 24.8 Å². The zero-order valence-corrected chi connectivity index (χ0v) is 7.20. The molecule has 5 heteroatoms. The predicted octanol–water partition coefficient (Wildman–Crippen LogP) is 1.22. The Balaban J connectivity index is 3.39. The second-order valence-corrected chi connectivity index (χ2v) is 2.21. The van der Waals surface area contributed by atoms with E-state index in [0.29, 0.717) is 5.69 Å². The van der Waals surface area contributed by atoms with Crippen LogP contribution in [0.3, 0.4) is 0 Å². The van der Waals surface area contributed by atoms with Gasteiger partial charge in [0.05, 0.1) is 7.11 Å². The van der Waals surface area contributed by atoms with E-state index in [1.54, 1.807) is 13.0 Å². The molecular weight excluding hydrogens is 168 g/mol.